The van der Waals surface area contributed by atoms with Crippen LogP contribution in [0, 0.1) is 11.3 Å². The van der Waals surface area contributed by atoms with E-state index in [1.54, 1.807) is 61.7 Å². The molecule has 3 aromatic rings. The number of nitrogens with zero attached hydrogens (tertiary/aromatic N) is 2. The molecule has 0 saturated heterocycles. The number of phenolic OH excluding ortho intramolecular Hbond substituents is 1. The first-order valence-electron chi connectivity index (χ1n) is 10.7. The molecule has 0 aliphatic carbocycles. The number of nitrogens with two attached hydrogens (primary N) is 1. The summed E-state index contributed by atoms with van der Waals surface area (Å²) in [6.07, 6.45) is 0. The summed E-state index contributed by atoms with van der Waals surface area (Å²) in [6, 6.07) is 22.3. The second-order valence-electron chi connectivity index (χ2n) is 8.09. The normalized spacial score (nSPS) is 18.3. The third-order valence-electron chi connectivity index (χ3n) is 6.02. The molecule has 3 N–H and O–H groups in total. The van der Waals surface area contributed by atoms with E-state index >= 15 is 0 Å². The molecule has 0 spiro atoms. The predicted octanol–water partition coefficient (Wildman–Crippen LogP) is 3.93. The van der Waals surface area contributed by atoms with Crippen molar-refractivity contribution >= 4 is 21.5 Å². The van der Waals surface area contributed by atoms with Gasteiger partial charge in [0, 0.05) is 5.56 Å². The predicted molar refractivity (Wildman–Crippen MR) is 130 cm³/mol. The number of benzene rings is 3. The maximum atomic E-state index is 14.2. The maximum absolute atomic E-state index is 14.2. The van der Waals surface area contributed by atoms with Crippen LogP contribution in [0.1, 0.15) is 22.6 Å². The second-order valence-corrected chi connectivity index (χ2v) is 9.92. The standard InChI is InChI=1S/C26H21N3O5S/c1-33-19-9-4-6-16(12-19)15-29-22-11-3-2-10-20(22)24-25(35(29,31)32)23(21(14-27)26(28)34-24)17-7-5-8-18(30)13-17/h2-13,23,30H,15,28H2,1H3/t23-/m1/s1. The van der Waals surface area contributed by atoms with Gasteiger partial charge in [-0.3, -0.25) is 4.31 Å². The fourth-order valence-corrected chi connectivity index (χ4v) is 6.37. The lowest BCUT2D eigenvalue weighted by atomic mass is 9.88. The minimum atomic E-state index is -4.21. The first-order valence-corrected chi connectivity index (χ1v) is 12.1. The van der Waals surface area contributed by atoms with Crippen LogP contribution in [-0.4, -0.2) is 20.6 Å². The lowest BCUT2D eigenvalue weighted by Gasteiger charge is -2.38. The van der Waals surface area contributed by atoms with Gasteiger partial charge in [0.1, 0.15) is 28.0 Å². The molecule has 5 rings (SSSR count). The minimum absolute atomic E-state index is 0.0289. The van der Waals surface area contributed by atoms with Gasteiger partial charge in [0.05, 0.1) is 25.3 Å². The highest BCUT2D eigenvalue weighted by Crippen LogP contribution is 2.51. The van der Waals surface area contributed by atoms with Crippen molar-refractivity contribution in [2.45, 2.75) is 12.5 Å². The summed E-state index contributed by atoms with van der Waals surface area (Å²) in [5.41, 5.74) is 8.15. The van der Waals surface area contributed by atoms with Crippen LogP contribution in [0.25, 0.3) is 5.76 Å². The van der Waals surface area contributed by atoms with Gasteiger partial charge in [-0.05, 0) is 47.5 Å². The van der Waals surface area contributed by atoms with E-state index in [4.69, 9.17) is 15.2 Å². The summed E-state index contributed by atoms with van der Waals surface area (Å²) in [4.78, 5) is -0.101. The summed E-state index contributed by atoms with van der Waals surface area (Å²) in [6.45, 7) is 0.0289. The number of aromatic hydroxyl groups is 1. The van der Waals surface area contributed by atoms with Gasteiger partial charge in [-0.2, -0.15) is 5.26 Å². The molecular weight excluding hydrogens is 466 g/mol. The molecule has 0 aromatic heterocycles. The van der Waals surface area contributed by atoms with E-state index < -0.39 is 15.9 Å². The highest BCUT2D eigenvalue weighted by molar-refractivity contribution is 7.96. The summed E-state index contributed by atoms with van der Waals surface area (Å²) in [7, 11) is -2.66. The van der Waals surface area contributed by atoms with E-state index in [2.05, 4.69) is 0 Å². The number of anilines is 1. The molecule has 9 heteroatoms. The topological polar surface area (TPSA) is 126 Å². The lowest BCUT2D eigenvalue weighted by molar-refractivity contribution is 0.357. The van der Waals surface area contributed by atoms with Crippen LogP contribution in [0.15, 0.2) is 89.2 Å². The van der Waals surface area contributed by atoms with Crippen LogP contribution in [0.3, 0.4) is 0 Å². The number of phenols is 1. The molecule has 8 nitrogen and oxygen atoms in total. The number of sulfonamides is 1. The molecule has 2 aliphatic heterocycles. The van der Waals surface area contributed by atoms with Crippen molar-refractivity contribution in [3.05, 3.63) is 106 Å². The van der Waals surface area contributed by atoms with Crippen molar-refractivity contribution in [1.82, 2.24) is 0 Å². The monoisotopic (exact) mass is 487 g/mol. The van der Waals surface area contributed by atoms with Gasteiger partial charge in [-0.1, -0.05) is 36.4 Å². The van der Waals surface area contributed by atoms with Crippen LogP contribution in [0.4, 0.5) is 5.69 Å². The molecule has 0 radical (unpaired) electrons. The number of hydrogen-bond donors (Lipinski definition) is 2. The van der Waals surface area contributed by atoms with E-state index in [0.717, 1.165) is 0 Å². The first-order chi connectivity index (χ1) is 16.8. The van der Waals surface area contributed by atoms with Gasteiger partial charge in [0.15, 0.2) is 5.76 Å². The van der Waals surface area contributed by atoms with Gasteiger partial charge in [0.25, 0.3) is 10.0 Å². The van der Waals surface area contributed by atoms with E-state index in [-0.39, 0.29) is 34.4 Å². The van der Waals surface area contributed by atoms with Gasteiger partial charge in [-0.25, -0.2) is 8.42 Å². The average Bonchev–Trinajstić information content (AvgIpc) is 2.86. The van der Waals surface area contributed by atoms with Crippen LogP contribution in [-0.2, 0) is 21.3 Å². The molecule has 0 unspecified atom stereocenters. The van der Waals surface area contributed by atoms with Gasteiger partial charge >= 0.3 is 0 Å². The molecule has 176 valence electrons. The Kier molecular flexibility index (Phi) is 5.38. The summed E-state index contributed by atoms with van der Waals surface area (Å²) in [5.74, 6) is -0.611. The highest BCUT2D eigenvalue weighted by Gasteiger charge is 2.47. The summed E-state index contributed by atoms with van der Waals surface area (Å²) in [5, 5.41) is 20.0. The molecule has 0 amide bonds. The van der Waals surface area contributed by atoms with Gasteiger partial charge in [-0.15, -0.1) is 0 Å². The van der Waals surface area contributed by atoms with Crippen molar-refractivity contribution in [3.63, 3.8) is 0 Å². The zero-order valence-corrected chi connectivity index (χ0v) is 19.5. The number of ether oxygens (including phenoxy) is 2. The molecule has 2 heterocycles. The van der Waals surface area contributed by atoms with Crippen molar-refractivity contribution in [1.29, 1.82) is 5.26 Å². The number of fused-ring (bicyclic) bond motifs is 2. The van der Waals surface area contributed by atoms with Crippen LogP contribution >= 0.6 is 0 Å². The number of nitriles is 1. The lowest BCUT2D eigenvalue weighted by Crippen LogP contribution is -2.39. The van der Waals surface area contributed by atoms with E-state index in [0.29, 0.717) is 28.1 Å². The Labute approximate surface area is 202 Å². The average molecular weight is 488 g/mol. The smallest absolute Gasteiger partial charge is 0.265 e. The third kappa shape index (κ3) is 3.64. The number of hydrogen-bond acceptors (Lipinski definition) is 7. The fraction of sp³-hybridized carbons (Fsp3) is 0.115. The number of rotatable bonds is 4. The van der Waals surface area contributed by atoms with E-state index in [1.165, 1.54) is 16.4 Å². The zero-order chi connectivity index (χ0) is 24.7. The fourth-order valence-electron chi connectivity index (χ4n) is 4.45. The molecule has 0 bridgehead atoms. The van der Waals surface area contributed by atoms with Crippen LogP contribution < -0.4 is 14.8 Å². The Hall–Kier alpha value is -4.42. The molecule has 35 heavy (non-hydrogen) atoms. The largest absolute Gasteiger partial charge is 0.508 e. The second kappa shape index (κ2) is 8.42. The Morgan fingerprint density at radius 2 is 1.89 bits per heavy atom. The maximum Gasteiger partial charge on any atom is 0.265 e. The highest BCUT2D eigenvalue weighted by atomic mass is 32.2. The number of allylic oxidation sites excluding steroid dienone is 2. The molecular formula is C26H21N3O5S. The molecule has 1 atom stereocenters. The van der Waals surface area contributed by atoms with Crippen molar-refractivity contribution < 1.29 is 23.0 Å². The quantitative estimate of drug-likeness (QED) is 0.571. The Balaban J connectivity index is 1.75. The van der Waals surface area contributed by atoms with Crippen LogP contribution in [0.5, 0.6) is 11.5 Å². The minimum Gasteiger partial charge on any atom is -0.508 e. The third-order valence-corrected chi connectivity index (χ3v) is 7.90. The first kappa shape index (κ1) is 22.4. The molecule has 2 aliphatic rings. The van der Waals surface area contributed by atoms with E-state index in [9.17, 15) is 18.8 Å². The molecule has 0 saturated carbocycles. The zero-order valence-electron chi connectivity index (χ0n) is 18.7. The Morgan fingerprint density at radius 1 is 1.11 bits per heavy atom. The SMILES string of the molecule is COc1cccc(CN2c3ccccc3C3=C([C@H](c4cccc(O)c4)C(C#N)=C(N)O3)S2(=O)=O)c1. The van der Waals surface area contributed by atoms with Gasteiger partial charge in [0.2, 0.25) is 5.88 Å². The number of methoxy groups -OCH3 is 1. The summed E-state index contributed by atoms with van der Waals surface area (Å²) >= 11 is 0. The van der Waals surface area contributed by atoms with Crippen LogP contribution in [0.2, 0.25) is 0 Å². The number of para-hydroxylation sites is 1. The van der Waals surface area contributed by atoms with Gasteiger partial charge < -0.3 is 20.3 Å². The van der Waals surface area contributed by atoms with Crippen molar-refractivity contribution in [3.8, 4) is 17.6 Å². The molecule has 0 fully saturated rings. The Morgan fingerprint density at radius 3 is 2.63 bits per heavy atom. The Bertz CT molecular complexity index is 1550. The van der Waals surface area contributed by atoms with E-state index in [1.807, 2.05) is 12.1 Å². The summed E-state index contributed by atoms with van der Waals surface area (Å²) < 4.78 is 40.9. The van der Waals surface area contributed by atoms with Crippen molar-refractivity contribution in [2.24, 2.45) is 5.73 Å². The van der Waals surface area contributed by atoms with Crippen molar-refractivity contribution in [2.75, 3.05) is 11.4 Å². The molecule has 3 aromatic carbocycles.